The van der Waals surface area contributed by atoms with Crippen molar-refractivity contribution in [3.8, 4) is 11.6 Å². The van der Waals surface area contributed by atoms with Gasteiger partial charge in [-0.05, 0) is 12.1 Å². The maximum atomic E-state index is 10.3. The number of hydrogen-bond donors (Lipinski definition) is 3. The summed E-state index contributed by atoms with van der Waals surface area (Å²) in [5.41, 5.74) is 6.60. The van der Waals surface area contributed by atoms with Crippen LogP contribution in [-0.2, 0) is 9.47 Å². The lowest BCUT2D eigenvalue weighted by molar-refractivity contribution is -0.0583. The van der Waals surface area contributed by atoms with Gasteiger partial charge in [-0.25, -0.2) is 4.98 Å². The molecule has 0 aliphatic carbocycles. The first kappa shape index (κ1) is 17.6. The first-order chi connectivity index (χ1) is 13.1. The lowest BCUT2D eigenvalue weighted by Gasteiger charge is -2.20. The maximum Gasteiger partial charge on any atom is 0.252 e. The predicted octanol–water partition coefficient (Wildman–Crippen LogP) is 0.466. The molecule has 3 aromatic rings. The highest BCUT2D eigenvalue weighted by Crippen LogP contribution is 2.35. The smallest absolute Gasteiger partial charge is 0.252 e. The summed E-state index contributed by atoms with van der Waals surface area (Å²) in [5.74, 6) is 0.782. The highest BCUT2D eigenvalue weighted by molar-refractivity contribution is 5.78. The van der Waals surface area contributed by atoms with Gasteiger partial charge in [0.15, 0.2) is 17.4 Å². The molecule has 4 N–H and O–H groups in total. The number of aliphatic hydroxyl groups excluding tert-OH is 2. The van der Waals surface area contributed by atoms with Gasteiger partial charge in [-0.2, -0.15) is 9.97 Å². The van der Waals surface area contributed by atoms with Crippen molar-refractivity contribution < 1.29 is 24.4 Å². The fraction of sp³-hybridized carbons (Fsp3) is 0.353. The normalized spacial score (nSPS) is 25.1. The van der Waals surface area contributed by atoms with Crippen molar-refractivity contribution in [2.24, 2.45) is 0 Å². The number of para-hydroxylation sites is 1. The molecule has 27 heavy (non-hydrogen) atoms. The summed E-state index contributed by atoms with van der Waals surface area (Å²) in [5, 5.41) is 19.7. The molecule has 0 saturated carbocycles. The van der Waals surface area contributed by atoms with Gasteiger partial charge in [-0.15, -0.1) is 0 Å². The topological polar surface area (TPSA) is 138 Å². The van der Waals surface area contributed by atoms with Crippen LogP contribution in [0.2, 0.25) is 0 Å². The molecule has 142 valence electrons. The van der Waals surface area contributed by atoms with E-state index in [1.165, 1.54) is 13.4 Å². The van der Waals surface area contributed by atoms with Crippen molar-refractivity contribution in [2.75, 3.05) is 19.5 Å². The SMILES string of the molecule is CO[C@@H]1[C@H](O)[C@@H](CO)O[C@H]1n1cnc2c(Oc3ccccc3)nc(N)nc21. The van der Waals surface area contributed by atoms with E-state index < -0.39 is 24.5 Å². The molecule has 0 radical (unpaired) electrons. The van der Waals surface area contributed by atoms with Gasteiger partial charge in [0.1, 0.15) is 24.1 Å². The Hall–Kier alpha value is -2.79. The Morgan fingerprint density at radius 1 is 1.26 bits per heavy atom. The average molecular weight is 373 g/mol. The molecule has 10 heteroatoms. The number of hydrogen-bond acceptors (Lipinski definition) is 9. The standard InChI is InChI=1S/C17H19N5O5/c1-25-13-12(24)10(7-23)27-16(13)22-8-19-11-14(22)20-17(18)21-15(11)26-9-5-3-2-4-6-9/h2-6,8,10,12-13,16,23-24H,7H2,1H3,(H2,18,20,21)/t10-,12-,13-,16-/m1/s1. The van der Waals surface area contributed by atoms with E-state index in [-0.39, 0.29) is 18.4 Å². The van der Waals surface area contributed by atoms with Gasteiger partial charge in [-0.1, -0.05) is 18.2 Å². The first-order valence-corrected chi connectivity index (χ1v) is 8.32. The van der Waals surface area contributed by atoms with E-state index in [1.807, 2.05) is 18.2 Å². The van der Waals surface area contributed by atoms with Gasteiger partial charge in [-0.3, -0.25) is 4.57 Å². The van der Waals surface area contributed by atoms with Crippen LogP contribution < -0.4 is 10.5 Å². The molecule has 0 amide bonds. The minimum Gasteiger partial charge on any atom is -0.437 e. The zero-order chi connectivity index (χ0) is 19.0. The van der Waals surface area contributed by atoms with Gasteiger partial charge in [0.25, 0.3) is 5.88 Å². The second-order valence-electron chi connectivity index (χ2n) is 6.06. The number of nitrogens with zero attached hydrogens (tertiary/aromatic N) is 4. The Labute approximate surface area is 154 Å². The number of benzene rings is 1. The Morgan fingerprint density at radius 2 is 2.04 bits per heavy atom. The molecular weight excluding hydrogens is 354 g/mol. The summed E-state index contributed by atoms with van der Waals surface area (Å²) in [4.78, 5) is 12.7. The molecule has 1 aliphatic rings. The Morgan fingerprint density at radius 3 is 2.74 bits per heavy atom. The van der Waals surface area contributed by atoms with Crippen molar-refractivity contribution in [3.05, 3.63) is 36.7 Å². The van der Waals surface area contributed by atoms with Crippen LogP contribution in [0.25, 0.3) is 11.2 Å². The van der Waals surface area contributed by atoms with Crippen LogP contribution in [0.4, 0.5) is 5.95 Å². The Bertz CT molecular complexity index is 934. The summed E-state index contributed by atoms with van der Waals surface area (Å²) >= 11 is 0. The second kappa shape index (κ2) is 7.08. The number of aromatic nitrogens is 4. The van der Waals surface area contributed by atoms with Crippen molar-refractivity contribution in [3.63, 3.8) is 0 Å². The molecule has 1 aliphatic heterocycles. The molecule has 4 rings (SSSR count). The highest BCUT2D eigenvalue weighted by Gasteiger charge is 2.45. The molecule has 1 aromatic carbocycles. The van der Waals surface area contributed by atoms with Gasteiger partial charge in [0.05, 0.1) is 12.9 Å². The number of fused-ring (bicyclic) bond motifs is 1. The second-order valence-corrected chi connectivity index (χ2v) is 6.06. The molecule has 0 spiro atoms. The Kier molecular flexibility index (Phi) is 4.62. The number of imidazole rings is 1. The van der Waals surface area contributed by atoms with Crippen LogP contribution in [-0.4, -0.2) is 61.8 Å². The molecule has 1 saturated heterocycles. The number of methoxy groups -OCH3 is 1. The maximum absolute atomic E-state index is 10.3. The van der Waals surface area contributed by atoms with Crippen molar-refractivity contribution in [1.29, 1.82) is 0 Å². The minimum atomic E-state index is -0.998. The van der Waals surface area contributed by atoms with Crippen LogP contribution in [0.15, 0.2) is 36.7 Å². The van der Waals surface area contributed by atoms with Gasteiger partial charge in [0.2, 0.25) is 5.95 Å². The van der Waals surface area contributed by atoms with Gasteiger partial charge < -0.3 is 30.2 Å². The van der Waals surface area contributed by atoms with Crippen LogP contribution in [0, 0.1) is 0 Å². The number of aliphatic hydroxyl groups is 2. The van der Waals surface area contributed by atoms with Crippen LogP contribution >= 0.6 is 0 Å². The number of nitrogen functional groups attached to an aromatic ring is 1. The van der Waals surface area contributed by atoms with Crippen molar-refractivity contribution in [1.82, 2.24) is 19.5 Å². The zero-order valence-corrected chi connectivity index (χ0v) is 14.5. The van der Waals surface area contributed by atoms with E-state index in [2.05, 4.69) is 15.0 Å². The quantitative estimate of drug-likeness (QED) is 0.582. The number of ether oxygens (including phenoxy) is 3. The predicted molar refractivity (Wildman–Crippen MR) is 94.1 cm³/mol. The number of nitrogens with two attached hydrogens (primary N) is 1. The van der Waals surface area contributed by atoms with Gasteiger partial charge in [0, 0.05) is 7.11 Å². The van der Waals surface area contributed by atoms with Crippen molar-refractivity contribution >= 4 is 17.1 Å². The van der Waals surface area contributed by atoms with E-state index in [1.54, 1.807) is 16.7 Å². The molecule has 10 nitrogen and oxygen atoms in total. The molecule has 0 unspecified atom stereocenters. The summed E-state index contributed by atoms with van der Waals surface area (Å²) in [6, 6.07) is 9.11. The summed E-state index contributed by atoms with van der Waals surface area (Å²) in [6.07, 6.45) is -1.75. The zero-order valence-electron chi connectivity index (χ0n) is 14.5. The third-order valence-electron chi connectivity index (χ3n) is 4.40. The van der Waals surface area contributed by atoms with Crippen LogP contribution in [0.5, 0.6) is 11.6 Å². The fourth-order valence-corrected chi connectivity index (χ4v) is 3.11. The third-order valence-corrected chi connectivity index (χ3v) is 4.40. The van der Waals surface area contributed by atoms with Gasteiger partial charge >= 0.3 is 0 Å². The number of anilines is 1. The van der Waals surface area contributed by atoms with Crippen LogP contribution in [0.1, 0.15) is 6.23 Å². The van der Waals surface area contributed by atoms with E-state index in [4.69, 9.17) is 19.9 Å². The number of rotatable bonds is 5. The third kappa shape index (κ3) is 3.08. The molecule has 4 atom stereocenters. The monoisotopic (exact) mass is 373 g/mol. The van der Waals surface area contributed by atoms with Crippen LogP contribution in [0.3, 0.4) is 0 Å². The van der Waals surface area contributed by atoms with E-state index in [0.717, 1.165) is 0 Å². The lowest BCUT2D eigenvalue weighted by atomic mass is 10.1. The van der Waals surface area contributed by atoms with E-state index in [9.17, 15) is 10.2 Å². The molecule has 2 aromatic heterocycles. The molecule has 1 fully saturated rings. The lowest BCUT2D eigenvalue weighted by Crippen LogP contribution is -2.34. The van der Waals surface area contributed by atoms with E-state index in [0.29, 0.717) is 16.9 Å². The average Bonchev–Trinajstić information content (AvgIpc) is 3.22. The summed E-state index contributed by atoms with van der Waals surface area (Å²) in [7, 11) is 1.45. The van der Waals surface area contributed by atoms with Crippen molar-refractivity contribution in [2.45, 2.75) is 24.5 Å². The fourth-order valence-electron chi connectivity index (χ4n) is 3.11. The minimum absolute atomic E-state index is 0.00130. The molecular formula is C17H19N5O5. The largest absolute Gasteiger partial charge is 0.437 e. The molecule has 0 bridgehead atoms. The first-order valence-electron chi connectivity index (χ1n) is 8.32. The van der Waals surface area contributed by atoms with E-state index >= 15 is 0 Å². The summed E-state index contributed by atoms with van der Waals surface area (Å²) in [6.45, 7) is -0.344. The highest BCUT2D eigenvalue weighted by atomic mass is 16.6. The summed E-state index contributed by atoms with van der Waals surface area (Å²) < 4.78 is 18.5. The molecule has 3 heterocycles. The Balaban J connectivity index is 1.75.